The number of amides is 1. The normalized spacial score (nSPS) is 16.1. The molecule has 7 nitrogen and oxygen atoms in total. The van der Waals surface area contributed by atoms with Gasteiger partial charge in [0, 0.05) is 38.3 Å². The number of benzene rings is 1. The highest BCUT2D eigenvalue weighted by Crippen LogP contribution is 2.17. The van der Waals surface area contributed by atoms with Crippen LogP contribution in [0.1, 0.15) is 12.8 Å². The number of aromatic nitrogens is 2. The molecule has 8 heteroatoms. The Morgan fingerprint density at radius 1 is 1.20 bits per heavy atom. The fourth-order valence-electron chi connectivity index (χ4n) is 2.79. The van der Waals surface area contributed by atoms with E-state index in [0.29, 0.717) is 31.3 Å². The van der Waals surface area contributed by atoms with Gasteiger partial charge in [0.05, 0.1) is 13.1 Å². The van der Waals surface area contributed by atoms with Gasteiger partial charge in [-0.2, -0.15) is 4.98 Å². The Bertz CT molecular complexity index is 695. The van der Waals surface area contributed by atoms with Crippen molar-refractivity contribution in [3.63, 3.8) is 0 Å². The molecule has 25 heavy (non-hydrogen) atoms. The monoisotopic (exact) mass is 347 g/mol. The highest BCUT2D eigenvalue weighted by atomic mass is 19.1. The van der Waals surface area contributed by atoms with E-state index in [1.54, 1.807) is 12.1 Å². The summed E-state index contributed by atoms with van der Waals surface area (Å²) in [6.07, 6.45) is 0. The van der Waals surface area contributed by atoms with E-state index in [4.69, 9.17) is 4.52 Å². The van der Waals surface area contributed by atoms with Gasteiger partial charge in [0.2, 0.25) is 17.6 Å². The largest absolute Gasteiger partial charge is 0.355 e. The summed E-state index contributed by atoms with van der Waals surface area (Å²) in [5.41, 5.74) is 0.725. The second kappa shape index (κ2) is 8.17. The van der Waals surface area contributed by atoms with E-state index < -0.39 is 0 Å². The number of halogens is 1. The Morgan fingerprint density at radius 2 is 1.88 bits per heavy atom. The van der Waals surface area contributed by atoms with Gasteiger partial charge < -0.3 is 9.84 Å². The second-order valence-corrected chi connectivity index (χ2v) is 6.02. The Kier molecular flexibility index (Phi) is 5.72. The van der Waals surface area contributed by atoms with Crippen molar-refractivity contribution in [3.05, 3.63) is 36.0 Å². The summed E-state index contributed by atoms with van der Waals surface area (Å²) in [5, 5.41) is 6.77. The Morgan fingerprint density at radius 3 is 2.56 bits per heavy atom. The molecule has 1 aromatic carbocycles. The first-order valence-corrected chi connectivity index (χ1v) is 8.44. The van der Waals surface area contributed by atoms with Crippen LogP contribution in [0, 0.1) is 5.82 Å². The maximum atomic E-state index is 13.0. The molecule has 1 aromatic heterocycles. The quantitative estimate of drug-likeness (QED) is 0.844. The van der Waals surface area contributed by atoms with Crippen LogP contribution in [0.25, 0.3) is 11.4 Å². The molecule has 1 saturated heterocycles. The molecule has 3 rings (SSSR count). The van der Waals surface area contributed by atoms with Crippen LogP contribution >= 0.6 is 0 Å². The highest BCUT2D eigenvalue weighted by Gasteiger charge is 2.20. The summed E-state index contributed by atoms with van der Waals surface area (Å²) in [4.78, 5) is 20.4. The third kappa shape index (κ3) is 4.83. The Hall–Kier alpha value is -2.32. The van der Waals surface area contributed by atoms with Crippen LogP contribution in [0.4, 0.5) is 4.39 Å². The number of nitrogens with zero attached hydrogens (tertiary/aromatic N) is 4. The minimum Gasteiger partial charge on any atom is -0.355 e. The van der Waals surface area contributed by atoms with Crippen molar-refractivity contribution in [1.82, 2.24) is 25.3 Å². The van der Waals surface area contributed by atoms with Crippen LogP contribution in [0.15, 0.2) is 28.8 Å². The fraction of sp³-hybridized carbons (Fsp3) is 0.471. The summed E-state index contributed by atoms with van der Waals surface area (Å²) in [6, 6.07) is 6.01. The van der Waals surface area contributed by atoms with Crippen LogP contribution in [-0.2, 0) is 11.3 Å². The van der Waals surface area contributed by atoms with E-state index in [2.05, 4.69) is 25.3 Å². The highest BCUT2D eigenvalue weighted by molar-refractivity contribution is 5.77. The van der Waals surface area contributed by atoms with E-state index in [9.17, 15) is 9.18 Å². The van der Waals surface area contributed by atoms with Crippen molar-refractivity contribution in [2.45, 2.75) is 13.5 Å². The molecule has 1 amide bonds. The number of likely N-dealkylation sites (N-methyl/N-ethyl adjacent to an activating group) is 1. The van der Waals surface area contributed by atoms with Gasteiger partial charge in [0.25, 0.3) is 0 Å². The van der Waals surface area contributed by atoms with Crippen molar-refractivity contribution in [2.24, 2.45) is 0 Å². The van der Waals surface area contributed by atoms with Crippen molar-refractivity contribution in [2.75, 3.05) is 39.3 Å². The summed E-state index contributed by atoms with van der Waals surface area (Å²) in [5.74, 6) is 0.774. The average Bonchev–Trinajstić information content (AvgIpc) is 3.06. The Balaban J connectivity index is 1.49. The number of rotatable bonds is 6. The first-order valence-electron chi connectivity index (χ1n) is 8.44. The molecule has 0 unspecified atom stereocenters. The minimum absolute atomic E-state index is 0.0665. The van der Waals surface area contributed by atoms with E-state index in [1.807, 2.05) is 6.92 Å². The molecule has 1 aliphatic rings. The van der Waals surface area contributed by atoms with E-state index >= 15 is 0 Å². The molecule has 0 atom stereocenters. The number of piperazine rings is 1. The molecule has 0 aliphatic carbocycles. The lowest BCUT2D eigenvalue weighted by Crippen LogP contribution is -2.49. The van der Waals surface area contributed by atoms with Crippen molar-refractivity contribution < 1.29 is 13.7 Å². The predicted octanol–water partition coefficient (Wildman–Crippen LogP) is 1.13. The molecular weight excluding hydrogens is 325 g/mol. The molecular formula is C17H22FN5O2. The third-order valence-electron chi connectivity index (χ3n) is 4.14. The summed E-state index contributed by atoms with van der Waals surface area (Å²) in [7, 11) is 0. The van der Waals surface area contributed by atoms with E-state index in [1.165, 1.54) is 12.1 Å². The number of hydrogen-bond acceptors (Lipinski definition) is 6. The van der Waals surface area contributed by atoms with E-state index in [0.717, 1.165) is 31.7 Å². The van der Waals surface area contributed by atoms with Crippen molar-refractivity contribution in [1.29, 1.82) is 0 Å². The molecule has 134 valence electrons. The maximum Gasteiger partial charge on any atom is 0.241 e. The van der Waals surface area contributed by atoms with Gasteiger partial charge >= 0.3 is 0 Å². The van der Waals surface area contributed by atoms with Crippen LogP contribution in [0.5, 0.6) is 0 Å². The smallest absolute Gasteiger partial charge is 0.241 e. The lowest BCUT2D eigenvalue weighted by Gasteiger charge is -2.33. The molecule has 2 aromatic rings. The molecule has 1 fully saturated rings. The van der Waals surface area contributed by atoms with Gasteiger partial charge in [-0.25, -0.2) is 4.39 Å². The lowest BCUT2D eigenvalue weighted by atomic mass is 10.2. The second-order valence-electron chi connectivity index (χ2n) is 6.02. The van der Waals surface area contributed by atoms with Crippen LogP contribution in [0.2, 0.25) is 0 Å². The van der Waals surface area contributed by atoms with Gasteiger partial charge in [-0.1, -0.05) is 5.16 Å². The number of nitrogens with one attached hydrogen (secondary N) is 1. The van der Waals surface area contributed by atoms with Crippen LogP contribution in [0.3, 0.4) is 0 Å². The van der Waals surface area contributed by atoms with Gasteiger partial charge in [0.1, 0.15) is 5.82 Å². The standard InChI is InChI=1S/C17H22FN5O2/c1-2-19-15(24)11-22-7-9-23(10-8-22)12-16-20-17(21-25-16)13-3-5-14(18)6-4-13/h3-6H,2,7-12H2,1H3,(H,19,24). The molecule has 2 heterocycles. The van der Waals surface area contributed by atoms with Crippen molar-refractivity contribution >= 4 is 5.91 Å². The zero-order valence-electron chi connectivity index (χ0n) is 14.2. The molecule has 0 bridgehead atoms. The SMILES string of the molecule is CCNC(=O)CN1CCN(Cc2nc(-c3ccc(F)cc3)no2)CC1. The van der Waals surface area contributed by atoms with Gasteiger partial charge in [-0.3, -0.25) is 14.6 Å². The maximum absolute atomic E-state index is 13.0. The van der Waals surface area contributed by atoms with Crippen LogP contribution in [-0.4, -0.2) is 65.1 Å². The molecule has 0 spiro atoms. The molecule has 1 N–H and O–H groups in total. The topological polar surface area (TPSA) is 74.5 Å². The van der Waals surface area contributed by atoms with Gasteiger partial charge in [0.15, 0.2) is 0 Å². The predicted molar refractivity (Wildman–Crippen MR) is 90.1 cm³/mol. The summed E-state index contributed by atoms with van der Waals surface area (Å²) >= 11 is 0. The summed E-state index contributed by atoms with van der Waals surface area (Å²) < 4.78 is 18.3. The van der Waals surface area contributed by atoms with E-state index in [-0.39, 0.29) is 11.7 Å². The number of carbonyl (C=O) groups excluding carboxylic acids is 1. The third-order valence-corrected chi connectivity index (χ3v) is 4.14. The van der Waals surface area contributed by atoms with Gasteiger partial charge in [-0.15, -0.1) is 0 Å². The minimum atomic E-state index is -0.294. The van der Waals surface area contributed by atoms with Crippen LogP contribution < -0.4 is 5.32 Å². The molecule has 0 saturated carbocycles. The number of carbonyl (C=O) groups is 1. The molecule has 1 aliphatic heterocycles. The Labute approximate surface area is 145 Å². The fourth-order valence-corrected chi connectivity index (χ4v) is 2.79. The lowest BCUT2D eigenvalue weighted by molar-refractivity contribution is -0.122. The number of hydrogen-bond donors (Lipinski definition) is 1. The van der Waals surface area contributed by atoms with Crippen molar-refractivity contribution in [3.8, 4) is 11.4 Å². The summed E-state index contributed by atoms with van der Waals surface area (Å²) in [6.45, 7) is 6.93. The zero-order valence-corrected chi connectivity index (χ0v) is 14.2. The molecule has 0 radical (unpaired) electrons. The first-order chi connectivity index (χ1) is 12.1. The zero-order chi connectivity index (χ0) is 17.6. The van der Waals surface area contributed by atoms with Gasteiger partial charge in [-0.05, 0) is 31.2 Å². The first kappa shape index (κ1) is 17.5. The average molecular weight is 347 g/mol.